The number of likely N-dealkylation sites (N-methyl/N-ethyl adjacent to an activating group) is 1. The van der Waals surface area contributed by atoms with Gasteiger partial charge in [-0.1, -0.05) is 84.6 Å². The Bertz CT molecular complexity index is 1380. The molecular formula is C27H21N3O2S2. The smallest absolute Gasteiger partial charge is 0.265 e. The molecule has 168 valence electrons. The number of carbonyl (C=O) groups excluding carboxylic acids is 1. The second-order valence-corrected chi connectivity index (χ2v) is 9.43. The van der Waals surface area contributed by atoms with Crippen molar-refractivity contribution < 1.29 is 9.53 Å². The number of benzene rings is 3. The highest BCUT2D eigenvalue weighted by molar-refractivity contribution is 8.26. The molecule has 0 saturated carbocycles. The fourth-order valence-electron chi connectivity index (χ4n) is 3.59. The molecule has 1 saturated heterocycles. The van der Waals surface area contributed by atoms with Crippen molar-refractivity contribution in [2.24, 2.45) is 0 Å². The number of nitrogens with zero attached hydrogens (tertiary/aromatic N) is 3. The van der Waals surface area contributed by atoms with Crippen molar-refractivity contribution in [3.05, 3.63) is 107 Å². The zero-order valence-corrected chi connectivity index (χ0v) is 20.1. The van der Waals surface area contributed by atoms with Crippen molar-refractivity contribution >= 4 is 40.3 Å². The Kier molecular flexibility index (Phi) is 6.29. The van der Waals surface area contributed by atoms with Crippen molar-refractivity contribution in [2.75, 3.05) is 7.05 Å². The van der Waals surface area contributed by atoms with E-state index in [1.165, 1.54) is 16.7 Å². The first-order valence-electron chi connectivity index (χ1n) is 10.7. The van der Waals surface area contributed by atoms with Crippen LogP contribution in [-0.2, 0) is 11.4 Å². The lowest BCUT2D eigenvalue weighted by Gasteiger charge is -2.08. The second-order valence-electron chi connectivity index (χ2n) is 7.76. The van der Waals surface area contributed by atoms with E-state index in [1.807, 2.05) is 102 Å². The number of amides is 1. The van der Waals surface area contributed by atoms with Gasteiger partial charge < -0.3 is 4.74 Å². The van der Waals surface area contributed by atoms with Crippen molar-refractivity contribution in [2.45, 2.75) is 6.61 Å². The maximum absolute atomic E-state index is 12.6. The number of thioether (sulfide) groups is 1. The summed E-state index contributed by atoms with van der Waals surface area (Å²) in [6.07, 6.45) is 3.80. The molecule has 1 aliphatic heterocycles. The predicted molar refractivity (Wildman–Crippen MR) is 141 cm³/mol. The van der Waals surface area contributed by atoms with E-state index in [9.17, 15) is 4.79 Å². The molecule has 4 aromatic rings. The number of thiocarbonyl (C=S) groups is 1. The fraction of sp³-hybridized carbons (Fsp3) is 0.0741. The lowest BCUT2D eigenvalue weighted by Crippen LogP contribution is -2.22. The van der Waals surface area contributed by atoms with Gasteiger partial charge in [0.1, 0.15) is 22.4 Å². The van der Waals surface area contributed by atoms with Gasteiger partial charge >= 0.3 is 0 Å². The first-order chi connectivity index (χ1) is 16.6. The van der Waals surface area contributed by atoms with Crippen molar-refractivity contribution in [1.29, 1.82) is 0 Å². The number of rotatable bonds is 6. The van der Waals surface area contributed by atoms with Crippen LogP contribution in [0.25, 0.3) is 23.0 Å². The van der Waals surface area contributed by atoms with E-state index >= 15 is 0 Å². The molecule has 0 radical (unpaired) electrons. The molecule has 2 heterocycles. The van der Waals surface area contributed by atoms with E-state index in [1.54, 1.807) is 7.05 Å². The molecule has 1 fully saturated rings. The quantitative estimate of drug-likeness (QED) is 0.251. The molecule has 0 atom stereocenters. The third-order valence-corrected chi connectivity index (χ3v) is 6.88. The van der Waals surface area contributed by atoms with Gasteiger partial charge in [-0.3, -0.25) is 9.69 Å². The molecule has 5 rings (SSSR count). The summed E-state index contributed by atoms with van der Waals surface area (Å²) < 4.78 is 8.40. The minimum atomic E-state index is -0.103. The predicted octanol–water partition coefficient (Wildman–Crippen LogP) is 5.95. The zero-order chi connectivity index (χ0) is 23.5. The molecular weight excluding hydrogens is 462 g/mol. The summed E-state index contributed by atoms with van der Waals surface area (Å²) in [7, 11) is 1.69. The highest BCUT2D eigenvalue weighted by Crippen LogP contribution is 2.34. The van der Waals surface area contributed by atoms with Crippen LogP contribution in [0, 0.1) is 0 Å². The van der Waals surface area contributed by atoms with Gasteiger partial charge in [-0.05, 0) is 35.9 Å². The summed E-state index contributed by atoms with van der Waals surface area (Å²) >= 11 is 6.60. The lowest BCUT2D eigenvalue weighted by atomic mass is 10.1. The van der Waals surface area contributed by atoms with Crippen molar-refractivity contribution in [3.8, 4) is 22.7 Å². The normalized spacial score (nSPS) is 14.7. The first kappa shape index (κ1) is 22.1. The largest absolute Gasteiger partial charge is 0.489 e. The summed E-state index contributed by atoms with van der Waals surface area (Å²) in [5.74, 6) is 0.648. The highest BCUT2D eigenvalue weighted by atomic mass is 32.2. The van der Waals surface area contributed by atoms with Gasteiger partial charge in [0.2, 0.25) is 0 Å². The molecule has 7 heteroatoms. The van der Waals surface area contributed by atoms with Crippen LogP contribution < -0.4 is 4.74 Å². The molecule has 1 amide bonds. The monoisotopic (exact) mass is 483 g/mol. The van der Waals surface area contributed by atoms with Crippen molar-refractivity contribution in [1.82, 2.24) is 14.7 Å². The van der Waals surface area contributed by atoms with Crippen LogP contribution in [0.5, 0.6) is 5.75 Å². The zero-order valence-electron chi connectivity index (χ0n) is 18.4. The SMILES string of the molecule is CN1C(=O)/C(=C/c2cn(-c3ccccc3)nc2-c2cccc(OCc3ccccc3)c2)SC1=S. The molecule has 5 nitrogen and oxygen atoms in total. The maximum atomic E-state index is 12.6. The molecule has 3 aromatic carbocycles. The van der Waals surface area contributed by atoms with E-state index in [-0.39, 0.29) is 5.91 Å². The number of para-hydroxylation sites is 1. The fourth-order valence-corrected chi connectivity index (χ4v) is 4.76. The second kappa shape index (κ2) is 9.67. The summed E-state index contributed by atoms with van der Waals surface area (Å²) in [5, 5.41) is 4.86. The van der Waals surface area contributed by atoms with Gasteiger partial charge in [0.15, 0.2) is 0 Å². The van der Waals surface area contributed by atoms with Crippen LogP contribution in [0.15, 0.2) is 96.0 Å². The summed E-state index contributed by atoms with van der Waals surface area (Å²) in [6, 6.07) is 27.8. The Hall–Kier alpha value is -3.68. The number of hydrogen-bond acceptors (Lipinski definition) is 5. The number of aromatic nitrogens is 2. The average Bonchev–Trinajstić information content (AvgIpc) is 3.41. The third kappa shape index (κ3) is 4.66. The minimum absolute atomic E-state index is 0.103. The summed E-state index contributed by atoms with van der Waals surface area (Å²) in [6.45, 7) is 0.481. The topological polar surface area (TPSA) is 47.4 Å². The first-order valence-corrected chi connectivity index (χ1v) is 11.9. The van der Waals surface area contributed by atoms with E-state index in [0.29, 0.717) is 15.8 Å². The molecule has 0 aliphatic carbocycles. The van der Waals surface area contributed by atoms with E-state index in [4.69, 9.17) is 22.1 Å². The third-order valence-electron chi connectivity index (χ3n) is 5.39. The molecule has 0 bridgehead atoms. The Labute approximate surface area is 207 Å². The van der Waals surface area contributed by atoms with Crippen LogP contribution in [-0.4, -0.2) is 32.0 Å². The van der Waals surface area contributed by atoms with Crippen LogP contribution >= 0.6 is 24.0 Å². The number of carbonyl (C=O) groups is 1. The van der Waals surface area contributed by atoms with Gasteiger partial charge in [0.05, 0.1) is 10.6 Å². The van der Waals surface area contributed by atoms with Gasteiger partial charge in [-0.25, -0.2) is 4.68 Å². The Morgan fingerprint density at radius 2 is 1.74 bits per heavy atom. The van der Waals surface area contributed by atoms with Gasteiger partial charge in [0.25, 0.3) is 5.91 Å². The Morgan fingerprint density at radius 1 is 1.00 bits per heavy atom. The van der Waals surface area contributed by atoms with E-state index < -0.39 is 0 Å². The Morgan fingerprint density at radius 3 is 2.44 bits per heavy atom. The van der Waals surface area contributed by atoms with E-state index in [0.717, 1.165) is 33.8 Å². The molecule has 34 heavy (non-hydrogen) atoms. The number of hydrogen-bond donors (Lipinski definition) is 0. The molecule has 0 N–H and O–H groups in total. The van der Waals surface area contributed by atoms with Crippen LogP contribution in [0.3, 0.4) is 0 Å². The van der Waals surface area contributed by atoms with Crippen LogP contribution in [0.2, 0.25) is 0 Å². The highest BCUT2D eigenvalue weighted by Gasteiger charge is 2.29. The van der Waals surface area contributed by atoms with Gasteiger partial charge in [0, 0.05) is 24.4 Å². The average molecular weight is 484 g/mol. The Balaban J connectivity index is 1.52. The van der Waals surface area contributed by atoms with E-state index in [2.05, 4.69) is 0 Å². The van der Waals surface area contributed by atoms with Crippen molar-refractivity contribution in [3.63, 3.8) is 0 Å². The van der Waals surface area contributed by atoms with Gasteiger partial charge in [-0.2, -0.15) is 5.10 Å². The molecule has 1 aliphatic rings. The maximum Gasteiger partial charge on any atom is 0.265 e. The molecule has 0 unspecified atom stereocenters. The summed E-state index contributed by atoms with van der Waals surface area (Å²) in [5.41, 5.74) is 4.53. The lowest BCUT2D eigenvalue weighted by molar-refractivity contribution is -0.121. The summed E-state index contributed by atoms with van der Waals surface area (Å²) in [4.78, 5) is 14.7. The molecule has 1 aromatic heterocycles. The number of ether oxygens (including phenoxy) is 1. The van der Waals surface area contributed by atoms with Crippen LogP contribution in [0.4, 0.5) is 0 Å². The van der Waals surface area contributed by atoms with Crippen LogP contribution in [0.1, 0.15) is 11.1 Å². The standard InChI is InChI=1S/C27H21N3O2S2/c1-29-26(31)24(34-27(29)33)16-21-17-30(22-12-6-3-7-13-22)28-25(21)20-11-8-14-23(15-20)32-18-19-9-4-2-5-10-19/h2-17H,18H2,1H3/b24-16-. The molecule has 0 spiro atoms. The minimum Gasteiger partial charge on any atom is -0.489 e. The van der Waals surface area contributed by atoms with Gasteiger partial charge in [-0.15, -0.1) is 0 Å².